The SMILES string of the molecule is CC=C[Si](C)(CC)N(CC)CC. The maximum atomic E-state index is 2.63. The first-order valence-electron chi connectivity index (χ1n) is 5.03. The van der Waals surface area contributed by atoms with Crippen LogP contribution in [0.3, 0.4) is 0 Å². The van der Waals surface area contributed by atoms with E-state index in [1.807, 2.05) is 0 Å². The van der Waals surface area contributed by atoms with Gasteiger partial charge in [-0.25, -0.2) is 0 Å². The molecule has 0 aliphatic carbocycles. The molecule has 72 valence electrons. The van der Waals surface area contributed by atoms with E-state index in [0.717, 1.165) is 0 Å². The minimum atomic E-state index is -1.20. The predicted molar refractivity (Wildman–Crippen MR) is 59.8 cm³/mol. The molecule has 0 aliphatic rings. The lowest BCUT2D eigenvalue weighted by Crippen LogP contribution is -2.49. The van der Waals surface area contributed by atoms with Gasteiger partial charge in [0.15, 0.2) is 0 Å². The van der Waals surface area contributed by atoms with E-state index in [0.29, 0.717) is 0 Å². The second-order valence-electron chi connectivity index (χ2n) is 3.38. The topological polar surface area (TPSA) is 3.24 Å². The third kappa shape index (κ3) is 2.76. The molecule has 0 heterocycles. The van der Waals surface area contributed by atoms with Gasteiger partial charge < -0.3 is 4.57 Å². The van der Waals surface area contributed by atoms with Crippen molar-refractivity contribution in [1.82, 2.24) is 4.57 Å². The highest BCUT2D eigenvalue weighted by Gasteiger charge is 2.27. The molecule has 1 nitrogen and oxygen atoms in total. The van der Waals surface area contributed by atoms with Crippen molar-refractivity contribution in [3.05, 3.63) is 11.8 Å². The second-order valence-corrected chi connectivity index (χ2v) is 7.77. The van der Waals surface area contributed by atoms with Gasteiger partial charge in [0.2, 0.25) is 0 Å². The van der Waals surface area contributed by atoms with Crippen LogP contribution in [0.1, 0.15) is 27.7 Å². The lowest BCUT2D eigenvalue weighted by Gasteiger charge is -2.35. The number of hydrogen-bond donors (Lipinski definition) is 0. The van der Waals surface area contributed by atoms with Crippen molar-refractivity contribution in [3.63, 3.8) is 0 Å². The molecule has 0 rings (SSSR count). The maximum Gasteiger partial charge on any atom is 0.149 e. The van der Waals surface area contributed by atoms with Gasteiger partial charge in [-0.05, 0) is 26.1 Å². The molecule has 1 unspecified atom stereocenters. The normalized spacial score (nSPS) is 17.2. The van der Waals surface area contributed by atoms with Crippen LogP contribution in [0.15, 0.2) is 11.8 Å². The fourth-order valence-electron chi connectivity index (χ4n) is 1.75. The molecule has 0 aliphatic heterocycles. The predicted octanol–water partition coefficient (Wildman–Crippen LogP) is 3.04. The highest BCUT2D eigenvalue weighted by atomic mass is 28.3. The lowest BCUT2D eigenvalue weighted by molar-refractivity contribution is 0.469. The van der Waals surface area contributed by atoms with Gasteiger partial charge in [-0.1, -0.05) is 39.1 Å². The molecule has 0 N–H and O–H groups in total. The van der Waals surface area contributed by atoms with Crippen molar-refractivity contribution in [2.45, 2.75) is 40.3 Å². The Morgan fingerprint density at radius 2 is 1.67 bits per heavy atom. The van der Waals surface area contributed by atoms with E-state index in [2.05, 4.69) is 50.6 Å². The molecule has 0 aromatic carbocycles. The lowest BCUT2D eigenvalue weighted by atomic mass is 10.7. The monoisotopic (exact) mass is 185 g/mol. The van der Waals surface area contributed by atoms with Crippen LogP contribution < -0.4 is 0 Å². The molecule has 12 heavy (non-hydrogen) atoms. The zero-order valence-corrected chi connectivity index (χ0v) is 10.2. The molecule has 0 fully saturated rings. The number of nitrogens with zero attached hydrogens (tertiary/aromatic N) is 1. The van der Waals surface area contributed by atoms with Gasteiger partial charge in [0.1, 0.15) is 8.24 Å². The van der Waals surface area contributed by atoms with Crippen molar-refractivity contribution in [2.75, 3.05) is 13.1 Å². The van der Waals surface area contributed by atoms with Gasteiger partial charge in [0.25, 0.3) is 0 Å². The van der Waals surface area contributed by atoms with E-state index in [1.165, 1.54) is 19.1 Å². The van der Waals surface area contributed by atoms with E-state index >= 15 is 0 Å². The number of hydrogen-bond acceptors (Lipinski definition) is 1. The van der Waals surface area contributed by atoms with Crippen LogP contribution in [0.2, 0.25) is 12.6 Å². The summed E-state index contributed by atoms with van der Waals surface area (Å²) in [5.74, 6) is 0. The van der Waals surface area contributed by atoms with Gasteiger partial charge in [0.05, 0.1) is 0 Å². The van der Waals surface area contributed by atoms with E-state index in [-0.39, 0.29) is 0 Å². The van der Waals surface area contributed by atoms with Gasteiger partial charge in [-0.3, -0.25) is 0 Å². The standard InChI is InChI=1S/C10H23NSi/c1-6-10-12(5,9-4)11(7-2)8-3/h6,10H,7-9H2,1-5H3. The average molecular weight is 185 g/mol. The average Bonchev–Trinajstić information content (AvgIpc) is 2.07. The summed E-state index contributed by atoms with van der Waals surface area (Å²) in [6.45, 7) is 13.8. The summed E-state index contributed by atoms with van der Waals surface area (Å²) in [5, 5.41) is 0. The van der Waals surface area contributed by atoms with Crippen LogP contribution in [-0.2, 0) is 0 Å². The van der Waals surface area contributed by atoms with Crippen LogP contribution in [0.25, 0.3) is 0 Å². The van der Waals surface area contributed by atoms with Gasteiger partial charge in [-0.2, -0.15) is 0 Å². The third-order valence-corrected chi connectivity index (χ3v) is 7.29. The van der Waals surface area contributed by atoms with E-state index in [9.17, 15) is 0 Å². The van der Waals surface area contributed by atoms with Crippen LogP contribution in [-0.4, -0.2) is 25.9 Å². The molecular formula is C10H23NSi. The van der Waals surface area contributed by atoms with Crippen molar-refractivity contribution in [3.8, 4) is 0 Å². The smallest absolute Gasteiger partial charge is 0.149 e. The Balaban J connectivity index is 4.46. The Labute approximate surface area is 78.6 Å². The molecule has 1 atom stereocenters. The van der Waals surface area contributed by atoms with Gasteiger partial charge >= 0.3 is 0 Å². The Hall–Kier alpha value is -0.0831. The van der Waals surface area contributed by atoms with Crippen LogP contribution in [0.5, 0.6) is 0 Å². The molecule has 0 saturated heterocycles. The van der Waals surface area contributed by atoms with E-state index < -0.39 is 8.24 Å². The fourth-order valence-corrected chi connectivity index (χ4v) is 4.81. The number of allylic oxidation sites excluding steroid dienone is 1. The second kappa shape index (κ2) is 5.54. The largest absolute Gasteiger partial charge is 0.321 e. The summed E-state index contributed by atoms with van der Waals surface area (Å²) in [6.07, 6.45) is 2.22. The summed E-state index contributed by atoms with van der Waals surface area (Å²) in [6, 6.07) is 1.32. The molecule has 0 aromatic heterocycles. The first-order chi connectivity index (χ1) is 5.64. The number of rotatable bonds is 5. The summed E-state index contributed by atoms with van der Waals surface area (Å²) in [4.78, 5) is 0. The summed E-state index contributed by atoms with van der Waals surface area (Å²) < 4.78 is 2.63. The Morgan fingerprint density at radius 3 is 1.92 bits per heavy atom. The highest BCUT2D eigenvalue weighted by molar-refractivity contribution is 6.80. The minimum absolute atomic E-state index is 1.19. The summed E-state index contributed by atoms with van der Waals surface area (Å²) in [5.41, 5.74) is 2.44. The molecular weight excluding hydrogens is 162 g/mol. The van der Waals surface area contributed by atoms with Crippen LogP contribution in [0, 0.1) is 0 Å². The molecule has 0 aromatic rings. The van der Waals surface area contributed by atoms with Crippen molar-refractivity contribution >= 4 is 8.24 Å². The zero-order chi connectivity index (χ0) is 9.61. The molecule has 0 saturated carbocycles. The van der Waals surface area contributed by atoms with Crippen molar-refractivity contribution in [2.24, 2.45) is 0 Å². The van der Waals surface area contributed by atoms with Crippen LogP contribution >= 0.6 is 0 Å². The van der Waals surface area contributed by atoms with Crippen molar-refractivity contribution < 1.29 is 0 Å². The van der Waals surface area contributed by atoms with Crippen molar-refractivity contribution in [1.29, 1.82) is 0 Å². The Morgan fingerprint density at radius 1 is 1.17 bits per heavy atom. The van der Waals surface area contributed by atoms with Crippen LogP contribution in [0.4, 0.5) is 0 Å². The van der Waals surface area contributed by atoms with E-state index in [1.54, 1.807) is 0 Å². The first kappa shape index (κ1) is 11.9. The minimum Gasteiger partial charge on any atom is -0.321 e. The molecule has 0 bridgehead atoms. The maximum absolute atomic E-state index is 2.63. The summed E-state index contributed by atoms with van der Waals surface area (Å²) in [7, 11) is -1.20. The summed E-state index contributed by atoms with van der Waals surface area (Å²) >= 11 is 0. The Bertz CT molecular complexity index is 141. The quantitative estimate of drug-likeness (QED) is 0.595. The Kier molecular flexibility index (Phi) is 5.50. The van der Waals surface area contributed by atoms with E-state index in [4.69, 9.17) is 0 Å². The third-order valence-electron chi connectivity index (χ3n) is 2.73. The highest BCUT2D eigenvalue weighted by Crippen LogP contribution is 2.16. The zero-order valence-electron chi connectivity index (χ0n) is 9.22. The molecule has 0 spiro atoms. The first-order valence-corrected chi connectivity index (χ1v) is 7.76. The molecule has 2 heteroatoms. The van der Waals surface area contributed by atoms with Gasteiger partial charge in [-0.15, -0.1) is 0 Å². The fraction of sp³-hybridized carbons (Fsp3) is 0.800. The van der Waals surface area contributed by atoms with Gasteiger partial charge in [0, 0.05) is 0 Å². The molecule has 0 amide bonds. The molecule has 0 radical (unpaired) electrons.